The van der Waals surface area contributed by atoms with Crippen LogP contribution in [0.1, 0.15) is 138 Å². The van der Waals surface area contributed by atoms with Gasteiger partial charge in [0.05, 0.1) is 18.9 Å². The Morgan fingerprint density at radius 1 is 0.679 bits per heavy atom. The van der Waals surface area contributed by atoms with E-state index in [-0.39, 0.29) is 18.4 Å². The minimum atomic E-state index is -1.52. The van der Waals surface area contributed by atoms with Gasteiger partial charge in [0.15, 0.2) is 18.3 Å². The van der Waals surface area contributed by atoms with E-state index in [9.17, 15) is 28.8 Å². The van der Waals surface area contributed by atoms with Gasteiger partial charge in [-0.2, -0.15) is 0 Å². The van der Waals surface area contributed by atoms with Gasteiger partial charge in [-0.3, -0.25) is 24.0 Å². The lowest BCUT2D eigenvalue weighted by Gasteiger charge is -2.46. The molecule has 0 aromatic carbocycles. The van der Waals surface area contributed by atoms with Crippen LogP contribution in [0.4, 0.5) is 0 Å². The first-order chi connectivity index (χ1) is 26.8. The lowest BCUT2D eigenvalue weighted by atomic mass is 9.83. The van der Waals surface area contributed by atoms with E-state index < -0.39 is 103 Å². The van der Waals surface area contributed by atoms with Crippen molar-refractivity contribution >= 4 is 35.8 Å². The molecule has 1 saturated heterocycles. The third kappa shape index (κ3) is 14.7. The van der Waals surface area contributed by atoms with Crippen LogP contribution in [0.2, 0.25) is 0 Å². The van der Waals surface area contributed by atoms with Gasteiger partial charge >= 0.3 is 35.8 Å². The maximum atomic E-state index is 12.9. The second-order valence-electron chi connectivity index (χ2n) is 15.1. The molecule has 3 aliphatic rings. The van der Waals surface area contributed by atoms with E-state index in [1.54, 1.807) is 0 Å². The summed E-state index contributed by atoms with van der Waals surface area (Å²) in [5.41, 5.74) is 0.223. The lowest BCUT2D eigenvalue weighted by Crippen LogP contribution is -2.63. The van der Waals surface area contributed by atoms with Crippen LogP contribution in [0.15, 0.2) is 11.8 Å². The van der Waals surface area contributed by atoms with Gasteiger partial charge in [-0.25, -0.2) is 4.79 Å². The SMILES string of the molecule is CCCCCCCCCCCCCCCC(=O)OC[C@H]1O[C@@H](O[C@@H]2OC=C(C(=O)OC)[C@H]3C[C@H](OC(C)=O)[C@H](C)[C@@H]23)[C@H](OC(C)=O)[C@@H](OC(C)=O)[C@@H]1OC(C)=O. The molecule has 0 unspecified atom stereocenters. The number of carbonyl (C=O) groups excluding carboxylic acids is 6. The van der Waals surface area contributed by atoms with Gasteiger partial charge in [-0.1, -0.05) is 90.9 Å². The van der Waals surface area contributed by atoms with E-state index in [0.717, 1.165) is 40.0 Å². The molecule has 0 aromatic rings. The average Bonchev–Trinajstić information content (AvgIpc) is 3.45. The van der Waals surface area contributed by atoms with E-state index in [0.29, 0.717) is 6.42 Å². The zero-order chi connectivity index (χ0) is 41.2. The molecule has 0 aromatic heterocycles. The Bertz CT molecular complexity index is 1330. The van der Waals surface area contributed by atoms with Gasteiger partial charge in [-0.15, -0.1) is 0 Å². The van der Waals surface area contributed by atoms with Gasteiger partial charge in [0.1, 0.15) is 18.8 Å². The van der Waals surface area contributed by atoms with Crippen molar-refractivity contribution in [3.05, 3.63) is 11.8 Å². The molecule has 2 fully saturated rings. The Labute approximate surface area is 331 Å². The predicted octanol–water partition coefficient (Wildman–Crippen LogP) is 6.16. The Morgan fingerprint density at radius 2 is 1.20 bits per heavy atom. The van der Waals surface area contributed by atoms with Crippen molar-refractivity contribution in [2.24, 2.45) is 17.8 Å². The predicted molar refractivity (Wildman–Crippen MR) is 199 cm³/mol. The first-order valence-corrected chi connectivity index (χ1v) is 20.4. The van der Waals surface area contributed by atoms with Crippen molar-refractivity contribution in [3.8, 4) is 0 Å². The molecule has 0 radical (unpaired) electrons. The molecule has 0 bridgehead atoms. The molecular formula is C41H64O15. The van der Waals surface area contributed by atoms with Gasteiger partial charge in [-0.05, 0) is 12.8 Å². The normalized spacial score (nSPS) is 28.2. The molecule has 2 aliphatic heterocycles. The monoisotopic (exact) mass is 796 g/mol. The van der Waals surface area contributed by atoms with Crippen LogP contribution in [-0.4, -0.2) is 92.6 Å². The highest BCUT2D eigenvalue weighted by Gasteiger charge is 2.57. The molecule has 2 heterocycles. The highest BCUT2D eigenvalue weighted by molar-refractivity contribution is 5.89. The fraction of sp³-hybridized carbons (Fsp3) is 0.805. The molecule has 0 amide bonds. The van der Waals surface area contributed by atoms with E-state index in [1.165, 1.54) is 78.1 Å². The number of esters is 6. The number of methoxy groups -OCH3 is 1. The van der Waals surface area contributed by atoms with Crippen LogP contribution in [0.3, 0.4) is 0 Å². The van der Waals surface area contributed by atoms with Gasteiger partial charge in [0.2, 0.25) is 12.6 Å². The Hall–Kier alpha value is -3.72. The average molecular weight is 797 g/mol. The maximum Gasteiger partial charge on any atom is 0.337 e. The van der Waals surface area contributed by atoms with Crippen LogP contribution < -0.4 is 0 Å². The van der Waals surface area contributed by atoms with Gasteiger partial charge in [0.25, 0.3) is 0 Å². The molecule has 15 nitrogen and oxygen atoms in total. The fourth-order valence-electron chi connectivity index (χ4n) is 7.90. The molecule has 56 heavy (non-hydrogen) atoms. The second kappa shape index (κ2) is 24.1. The van der Waals surface area contributed by atoms with Crippen molar-refractivity contribution < 1.29 is 71.4 Å². The van der Waals surface area contributed by atoms with E-state index in [1.807, 2.05) is 6.92 Å². The molecule has 15 heteroatoms. The van der Waals surface area contributed by atoms with Crippen LogP contribution in [0.25, 0.3) is 0 Å². The molecule has 0 spiro atoms. The van der Waals surface area contributed by atoms with Crippen LogP contribution in [-0.2, 0) is 71.4 Å². The first kappa shape index (κ1) is 46.7. The van der Waals surface area contributed by atoms with E-state index >= 15 is 0 Å². The van der Waals surface area contributed by atoms with Crippen LogP contribution >= 0.6 is 0 Å². The Morgan fingerprint density at radius 3 is 1.73 bits per heavy atom. The fourth-order valence-corrected chi connectivity index (χ4v) is 7.90. The van der Waals surface area contributed by atoms with Gasteiger partial charge < -0.3 is 42.6 Å². The number of hydrogen-bond donors (Lipinski definition) is 0. The summed E-state index contributed by atoms with van der Waals surface area (Å²) in [5, 5.41) is 0. The molecular weight excluding hydrogens is 732 g/mol. The minimum Gasteiger partial charge on any atom is -0.472 e. The van der Waals surface area contributed by atoms with E-state index in [2.05, 4.69) is 6.92 Å². The standard InChI is InChI=1S/C41H64O15/c1-8-9-10-11-12-13-14-15-16-17-18-19-20-21-34(46)49-24-33-36(52-27(4)43)37(53-28(5)44)38(54-29(6)45)41(55-33)56-40-35-25(2)32(51-26(3)42)22-30(35)31(23-50-40)39(47)48-7/h23,25,30,32-33,35-38,40-41H,8-22,24H2,1-7H3/t25-,30+,32-,33+,35+,36+,37-,38+,40-,41-/m0/s1. The number of hydrogen-bond acceptors (Lipinski definition) is 15. The number of fused-ring (bicyclic) bond motifs is 1. The highest BCUT2D eigenvalue weighted by atomic mass is 16.8. The minimum absolute atomic E-state index is 0.168. The molecule has 318 valence electrons. The van der Waals surface area contributed by atoms with Crippen LogP contribution in [0, 0.1) is 17.8 Å². The molecule has 3 rings (SSSR count). The second-order valence-corrected chi connectivity index (χ2v) is 15.1. The zero-order valence-corrected chi connectivity index (χ0v) is 34.3. The van der Waals surface area contributed by atoms with E-state index in [4.69, 9.17) is 42.6 Å². The molecule has 1 saturated carbocycles. The molecule has 10 atom stereocenters. The summed E-state index contributed by atoms with van der Waals surface area (Å²) in [6.07, 6.45) is 8.03. The lowest BCUT2D eigenvalue weighted by molar-refractivity contribution is -0.345. The third-order valence-corrected chi connectivity index (χ3v) is 10.6. The summed E-state index contributed by atoms with van der Waals surface area (Å²) in [4.78, 5) is 74.7. The highest BCUT2D eigenvalue weighted by Crippen LogP contribution is 2.49. The number of unbranched alkanes of at least 4 members (excludes halogenated alkanes) is 12. The van der Waals surface area contributed by atoms with Crippen molar-refractivity contribution in [2.45, 2.75) is 181 Å². The van der Waals surface area contributed by atoms with Crippen molar-refractivity contribution in [1.82, 2.24) is 0 Å². The number of rotatable bonds is 23. The largest absolute Gasteiger partial charge is 0.472 e. The van der Waals surface area contributed by atoms with Crippen molar-refractivity contribution in [1.29, 1.82) is 0 Å². The topological polar surface area (TPSA) is 185 Å². The molecule has 1 aliphatic carbocycles. The van der Waals surface area contributed by atoms with Crippen molar-refractivity contribution in [3.63, 3.8) is 0 Å². The summed E-state index contributed by atoms with van der Waals surface area (Å²) < 4.78 is 51.4. The maximum absolute atomic E-state index is 12.9. The van der Waals surface area contributed by atoms with Crippen molar-refractivity contribution in [2.75, 3.05) is 13.7 Å². The summed E-state index contributed by atoms with van der Waals surface area (Å²) in [6, 6.07) is 0. The van der Waals surface area contributed by atoms with Crippen LogP contribution in [0.5, 0.6) is 0 Å². The third-order valence-electron chi connectivity index (χ3n) is 10.6. The Balaban J connectivity index is 1.70. The molecule has 0 N–H and O–H groups in total. The van der Waals surface area contributed by atoms with Gasteiger partial charge in [0, 0.05) is 51.9 Å². The quantitative estimate of drug-likeness (QED) is 0.0649. The summed E-state index contributed by atoms with van der Waals surface area (Å²) in [7, 11) is 1.24. The number of carbonyl (C=O) groups is 6. The summed E-state index contributed by atoms with van der Waals surface area (Å²) >= 11 is 0. The number of ether oxygens (including phenoxy) is 9. The summed E-state index contributed by atoms with van der Waals surface area (Å²) in [5.74, 6) is -5.43. The zero-order valence-electron chi connectivity index (χ0n) is 34.3. The summed E-state index contributed by atoms with van der Waals surface area (Å²) in [6.45, 7) is 8.34. The first-order valence-electron chi connectivity index (χ1n) is 20.4. The smallest absolute Gasteiger partial charge is 0.337 e. The Kier molecular flexibility index (Phi) is 20.1.